The van der Waals surface area contributed by atoms with Gasteiger partial charge in [0.05, 0.1) is 11.3 Å². The van der Waals surface area contributed by atoms with Crippen LogP contribution in [0.2, 0.25) is 0 Å². The van der Waals surface area contributed by atoms with Crippen LogP contribution in [0.25, 0.3) is 27.2 Å². The van der Waals surface area contributed by atoms with E-state index in [-0.39, 0.29) is 17.1 Å². The summed E-state index contributed by atoms with van der Waals surface area (Å²) in [6.45, 7) is 1.90. The van der Waals surface area contributed by atoms with Crippen molar-refractivity contribution in [3.63, 3.8) is 0 Å². The van der Waals surface area contributed by atoms with Crippen molar-refractivity contribution in [1.82, 2.24) is 14.6 Å². The van der Waals surface area contributed by atoms with Crippen LogP contribution in [0.15, 0.2) is 58.3 Å². The minimum absolute atomic E-state index is 0.171. The Balaban J connectivity index is 1.67. The van der Waals surface area contributed by atoms with Crippen molar-refractivity contribution in [1.29, 1.82) is 0 Å². The average molecular weight is 401 g/mol. The molecule has 1 aliphatic heterocycles. The number of nitrogen functional groups attached to an aromatic ring is 1. The Bertz CT molecular complexity index is 1400. The molecule has 142 valence electrons. The molecule has 0 fully saturated rings. The SMILES string of the molecule is CC1=Nc2ccccc2/C1=C/c1c(N)n2nc(-c3ccc(O)cc3)sc2nc1=O. The maximum atomic E-state index is 12.7. The van der Waals surface area contributed by atoms with Gasteiger partial charge in [0.1, 0.15) is 16.6 Å². The number of aromatic nitrogens is 3. The molecule has 5 rings (SSSR count). The number of phenols is 1. The quantitative estimate of drug-likeness (QED) is 0.532. The summed E-state index contributed by atoms with van der Waals surface area (Å²) < 4.78 is 1.48. The van der Waals surface area contributed by atoms with Gasteiger partial charge >= 0.3 is 0 Å². The summed E-state index contributed by atoms with van der Waals surface area (Å²) in [5, 5.41) is 14.6. The molecule has 0 atom stereocenters. The van der Waals surface area contributed by atoms with E-state index in [2.05, 4.69) is 15.1 Å². The van der Waals surface area contributed by atoms with Crippen molar-refractivity contribution in [2.24, 2.45) is 4.99 Å². The minimum atomic E-state index is -0.409. The van der Waals surface area contributed by atoms with E-state index in [1.54, 1.807) is 30.3 Å². The summed E-state index contributed by atoms with van der Waals surface area (Å²) in [6.07, 6.45) is 1.74. The molecule has 7 nitrogen and oxygen atoms in total. The molecule has 8 heteroatoms. The monoisotopic (exact) mass is 401 g/mol. The van der Waals surface area contributed by atoms with E-state index < -0.39 is 5.56 Å². The van der Waals surface area contributed by atoms with Crippen molar-refractivity contribution in [3.8, 4) is 16.3 Å². The molecule has 0 amide bonds. The molecule has 2 aromatic carbocycles. The van der Waals surface area contributed by atoms with Gasteiger partial charge in [0, 0.05) is 22.4 Å². The Morgan fingerprint density at radius 1 is 1.14 bits per heavy atom. The van der Waals surface area contributed by atoms with E-state index >= 15 is 0 Å². The number of nitrogens with two attached hydrogens (primary N) is 1. The largest absolute Gasteiger partial charge is 0.508 e. The zero-order valence-electron chi connectivity index (χ0n) is 15.3. The number of hydrogen-bond acceptors (Lipinski definition) is 7. The smallest absolute Gasteiger partial charge is 0.283 e. The molecule has 0 saturated heterocycles. The van der Waals surface area contributed by atoms with Crippen LogP contribution in [0.4, 0.5) is 11.5 Å². The summed E-state index contributed by atoms with van der Waals surface area (Å²) in [7, 11) is 0. The molecule has 0 saturated carbocycles. The number of nitrogens with zero attached hydrogens (tertiary/aromatic N) is 4. The third kappa shape index (κ3) is 2.81. The van der Waals surface area contributed by atoms with Crippen molar-refractivity contribution in [3.05, 3.63) is 70.0 Å². The zero-order chi connectivity index (χ0) is 20.1. The second-order valence-corrected chi connectivity index (χ2v) is 7.59. The molecule has 0 unspecified atom stereocenters. The maximum Gasteiger partial charge on any atom is 0.283 e. The Hall–Kier alpha value is -3.78. The standard InChI is InChI=1S/C21H15N5O2S/c1-11-15(14-4-2-3-5-17(14)23-11)10-16-18(22)26-21(24-19(16)28)29-20(25-26)12-6-8-13(27)9-7-12/h2-10,27H,22H2,1H3/b15-10+. The van der Waals surface area contributed by atoms with Crippen molar-refractivity contribution < 1.29 is 5.11 Å². The van der Waals surface area contributed by atoms with Crippen LogP contribution in [0.3, 0.4) is 0 Å². The van der Waals surface area contributed by atoms with Crippen molar-refractivity contribution in [2.45, 2.75) is 6.92 Å². The van der Waals surface area contributed by atoms with Gasteiger partial charge in [-0.15, -0.1) is 0 Å². The molecule has 0 aliphatic carbocycles. The summed E-state index contributed by atoms with van der Waals surface area (Å²) in [5.41, 5.74) is 10.5. The highest BCUT2D eigenvalue weighted by Crippen LogP contribution is 2.36. The maximum absolute atomic E-state index is 12.7. The molecule has 0 bridgehead atoms. The molecule has 0 radical (unpaired) electrons. The molecule has 1 aliphatic rings. The van der Waals surface area contributed by atoms with Crippen LogP contribution < -0.4 is 11.3 Å². The number of rotatable bonds is 2. The van der Waals surface area contributed by atoms with E-state index in [1.807, 2.05) is 31.2 Å². The molecule has 3 heterocycles. The fourth-order valence-electron chi connectivity index (χ4n) is 3.30. The van der Waals surface area contributed by atoms with Gasteiger partial charge < -0.3 is 10.8 Å². The van der Waals surface area contributed by atoms with Gasteiger partial charge in [-0.3, -0.25) is 9.79 Å². The Morgan fingerprint density at radius 2 is 1.90 bits per heavy atom. The van der Waals surface area contributed by atoms with E-state index in [9.17, 15) is 9.90 Å². The number of para-hydroxylation sites is 1. The second kappa shape index (κ2) is 6.39. The summed E-state index contributed by atoms with van der Waals surface area (Å²) in [4.78, 5) is 21.8. The Kier molecular flexibility index (Phi) is 3.82. The van der Waals surface area contributed by atoms with Gasteiger partial charge in [0.25, 0.3) is 5.56 Å². The fourth-order valence-corrected chi connectivity index (χ4v) is 4.20. The van der Waals surface area contributed by atoms with E-state index in [4.69, 9.17) is 5.73 Å². The molecule has 0 spiro atoms. The number of hydrogen-bond donors (Lipinski definition) is 2. The first-order chi connectivity index (χ1) is 14.0. The Labute approximate surface area is 169 Å². The zero-order valence-corrected chi connectivity index (χ0v) is 16.1. The van der Waals surface area contributed by atoms with Crippen LogP contribution in [0.5, 0.6) is 5.75 Å². The molecule has 29 heavy (non-hydrogen) atoms. The molecular weight excluding hydrogens is 386 g/mol. The third-order valence-corrected chi connectivity index (χ3v) is 5.72. The molecule has 3 N–H and O–H groups in total. The van der Waals surface area contributed by atoms with Crippen LogP contribution in [-0.4, -0.2) is 25.4 Å². The van der Waals surface area contributed by atoms with Crippen LogP contribution in [0, 0.1) is 0 Å². The highest BCUT2D eigenvalue weighted by atomic mass is 32.1. The lowest BCUT2D eigenvalue weighted by atomic mass is 10.0. The molecule has 4 aromatic rings. The number of aliphatic imine (C=N–C) groups is 1. The highest BCUT2D eigenvalue weighted by molar-refractivity contribution is 7.19. The van der Waals surface area contributed by atoms with E-state index in [0.717, 1.165) is 28.1 Å². The average Bonchev–Trinajstić information content (AvgIpc) is 3.26. The van der Waals surface area contributed by atoms with E-state index in [0.29, 0.717) is 9.97 Å². The van der Waals surface area contributed by atoms with Gasteiger partial charge in [0.2, 0.25) is 4.96 Å². The number of allylic oxidation sites excluding steroid dienone is 1. The predicted octanol–water partition coefficient (Wildman–Crippen LogP) is 3.75. The Morgan fingerprint density at radius 3 is 2.69 bits per heavy atom. The normalized spacial score (nSPS) is 14.4. The minimum Gasteiger partial charge on any atom is -0.508 e. The number of anilines is 1. The topological polar surface area (TPSA) is 106 Å². The van der Waals surface area contributed by atoms with Gasteiger partial charge in [-0.25, -0.2) is 0 Å². The number of aromatic hydroxyl groups is 1. The lowest BCUT2D eigenvalue weighted by Crippen LogP contribution is -2.17. The first kappa shape index (κ1) is 17.3. The first-order valence-electron chi connectivity index (χ1n) is 8.87. The van der Waals surface area contributed by atoms with Gasteiger partial charge in [-0.2, -0.15) is 14.6 Å². The van der Waals surface area contributed by atoms with Gasteiger partial charge in [0.15, 0.2) is 0 Å². The molecular formula is C21H15N5O2S. The van der Waals surface area contributed by atoms with Gasteiger partial charge in [-0.05, 0) is 43.3 Å². The number of phenolic OH excluding ortho intramolecular Hbond substituents is 1. The van der Waals surface area contributed by atoms with Crippen LogP contribution in [-0.2, 0) is 0 Å². The fraction of sp³-hybridized carbons (Fsp3) is 0.0476. The van der Waals surface area contributed by atoms with E-state index in [1.165, 1.54) is 15.9 Å². The summed E-state index contributed by atoms with van der Waals surface area (Å²) >= 11 is 1.26. The molecule has 2 aromatic heterocycles. The highest BCUT2D eigenvalue weighted by Gasteiger charge is 2.20. The lowest BCUT2D eigenvalue weighted by molar-refractivity contribution is 0.475. The van der Waals surface area contributed by atoms with Crippen molar-refractivity contribution in [2.75, 3.05) is 5.73 Å². The predicted molar refractivity (Wildman–Crippen MR) is 116 cm³/mol. The summed E-state index contributed by atoms with van der Waals surface area (Å²) in [6, 6.07) is 14.4. The summed E-state index contributed by atoms with van der Waals surface area (Å²) in [5.74, 6) is 0.399. The number of benzene rings is 2. The lowest BCUT2D eigenvalue weighted by Gasteiger charge is -2.04. The van der Waals surface area contributed by atoms with Gasteiger partial charge in [-0.1, -0.05) is 29.5 Å². The first-order valence-corrected chi connectivity index (χ1v) is 9.68. The van der Waals surface area contributed by atoms with Crippen molar-refractivity contribution >= 4 is 45.2 Å². The number of fused-ring (bicyclic) bond motifs is 2. The van der Waals surface area contributed by atoms with Crippen LogP contribution >= 0.6 is 11.3 Å². The third-order valence-electron chi connectivity index (χ3n) is 4.77. The van der Waals surface area contributed by atoms with Crippen LogP contribution in [0.1, 0.15) is 18.1 Å². The second-order valence-electron chi connectivity index (χ2n) is 6.64.